The zero-order valence-electron chi connectivity index (χ0n) is 13.6. The number of hydrogen-bond donors (Lipinski definition) is 2. The van der Waals surface area contributed by atoms with Crippen LogP contribution in [-0.2, 0) is 4.74 Å². The van der Waals surface area contributed by atoms with E-state index in [-0.39, 0.29) is 23.8 Å². The van der Waals surface area contributed by atoms with Crippen LogP contribution in [0.15, 0.2) is 18.5 Å². The average Bonchev–Trinajstić information content (AvgIpc) is 3.11. The molecule has 0 radical (unpaired) electrons. The number of ether oxygens (including phenoxy) is 2. The summed E-state index contributed by atoms with van der Waals surface area (Å²) in [5.41, 5.74) is 6.33. The Balaban J connectivity index is 1.76. The van der Waals surface area contributed by atoms with Crippen molar-refractivity contribution >= 4 is 28.7 Å². The van der Waals surface area contributed by atoms with Crippen LogP contribution in [0, 0.1) is 0 Å². The van der Waals surface area contributed by atoms with E-state index in [0.29, 0.717) is 36.8 Å². The summed E-state index contributed by atoms with van der Waals surface area (Å²) in [4.78, 5) is 33.6. The molecular formula is C16H17N5O4. The van der Waals surface area contributed by atoms with E-state index in [1.54, 1.807) is 12.1 Å². The number of fused-ring (bicyclic) bond motifs is 2. The lowest BCUT2D eigenvalue weighted by molar-refractivity contribution is 0.0996. The lowest BCUT2D eigenvalue weighted by Gasteiger charge is -2.20. The molecule has 2 saturated heterocycles. The lowest BCUT2D eigenvalue weighted by Crippen LogP contribution is -2.32. The molecule has 0 spiro atoms. The molecular weight excluding hydrogens is 326 g/mol. The molecule has 3 heterocycles. The third-order valence-electron chi connectivity index (χ3n) is 4.41. The third kappa shape index (κ3) is 2.57. The lowest BCUT2D eigenvalue weighted by atomic mass is 10.1. The van der Waals surface area contributed by atoms with Crippen molar-refractivity contribution in [3.05, 3.63) is 24.0 Å². The highest BCUT2D eigenvalue weighted by atomic mass is 16.6. The second-order valence-electron chi connectivity index (χ2n) is 5.96. The first-order chi connectivity index (χ1) is 12.1. The molecule has 1 aromatic carbocycles. The predicted molar refractivity (Wildman–Crippen MR) is 88.6 cm³/mol. The maximum absolute atomic E-state index is 11.7. The highest BCUT2D eigenvalue weighted by Gasteiger charge is 2.42. The highest BCUT2D eigenvalue weighted by Crippen LogP contribution is 2.32. The van der Waals surface area contributed by atoms with Crippen LogP contribution in [0.25, 0.3) is 10.9 Å². The molecule has 0 aliphatic carbocycles. The Morgan fingerprint density at radius 2 is 2.28 bits per heavy atom. The summed E-state index contributed by atoms with van der Waals surface area (Å²) < 4.78 is 10.8. The number of carbonyl (C=O) groups is 2. The Morgan fingerprint density at radius 1 is 1.44 bits per heavy atom. The molecule has 0 bridgehead atoms. The molecule has 2 fully saturated rings. The normalized spacial score (nSPS) is 21.8. The molecule has 2 amide bonds. The monoisotopic (exact) mass is 343 g/mol. The van der Waals surface area contributed by atoms with Crippen LogP contribution in [0.2, 0.25) is 0 Å². The van der Waals surface area contributed by atoms with Crippen LogP contribution < -0.4 is 20.7 Å². The molecule has 130 valence electrons. The molecule has 2 aromatic rings. The van der Waals surface area contributed by atoms with Gasteiger partial charge in [-0.05, 0) is 19.1 Å². The fourth-order valence-electron chi connectivity index (χ4n) is 3.32. The highest BCUT2D eigenvalue weighted by molar-refractivity contribution is 6.02. The van der Waals surface area contributed by atoms with Gasteiger partial charge in [0, 0.05) is 11.9 Å². The zero-order chi connectivity index (χ0) is 17.6. The van der Waals surface area contributed by atoms with E-state index in [0.717, 1.165) is 5.39 Å². The number of nitrogens with two attached hydrogens (primary N) is 1. The topological polar surface area (TPSA) is 120 Å². The van der Waals surface area contributed by atoms with Crippen molar-refractivity contribution in [1.82, 2.24) is 15.3 Å². The quantitative estimate of drug-likeness (QED) is 0.825. The first-order valence-electron chi connectivity index (χ1n) is 8.00. The van der Waals surface area contributed by atoms with Crippen LogP contribution in [0.3, 0.4) is 0 Å². The summed E-state index contributed by atoms with van der Waals surface area (Å²) >= 11 is 0. The van der Waals surface area contributed by atoms with E-state index in [2.05, 4.69) is 15.3 Å². The minimum atomic E-state index is -0.572. The van der Waals surface area contributed by atoms with Crippen molar-refractivity contribution in [3.63, 3.8) is 0 Å². The fraction of sp³-hybridized carbons (Fsp3) is 0.375. The van der Waals surface area contributed by atoms with Gasteiger partial charge in [-0.1, -0.05) is 0 Å². The van der Waals surface area contributed by atoms with E-state index in [9.17, 15) is 9.59 Å². The maximum Gasteiger partial charge on any atom is 0.407 e. The Hall–Kier alpha value is -3.10. The van der Waals surface area contributed by atoms with Gasteiger partial charge in [-0.2, -0.15) is 0 Å². The van der Waals surface area contributed by atoms with Crippen LogP contribution in [0.5, 0.6) is 5.75 Å². The number of hydrogen-bond acceptors (Lipinski definition) is 7. The van der Waals surface area contributed by atoms with Gasteiger partial charge in [-0.3, -0.25) is 4.79 Å². The van der Waals surface area contributed by atoms with Gasteiger partial charge < -0.3 is 25.4 Å². The number of benzene rings is 1. The summed E-state index contributed by atoms with van der Waals surface area (Å²) in [5.74, 6) is 0.536. The number of nitrogens with one attached hydrogen (secondary N) is 1. The van der Waals surface area contributed by atoms with Gasteiger partial charge in [0.2, 0.25) is 0 Å². The minimum absolute atomic E-state index is 0.0613. The number of nitrogens with zero attached hydrogens (tertiary/aromatic N) is 3. The van der Waals surface area contributed by atoms with Gasteiger partial charge in [-0.15, -0.1) is 0 Å². The Labute approximate surface area is 143 Å². The molecule has 25 heavy (non-hydrogen) atoms. The number of anilines is 1. The zero-order valence-corrected chi connectivity index (χ0v) is 13.6. The standard InChI is InChI=1S/C16H17N5O4/c1-2-24-12-4-8-10(3-9(12)14(17)22)18-7-19-15(8)21-5-11-13(6-21)25-16(23)20-11/h3-4,7,11,13H,2,5-6H2,1H3,(H2,17,22)(H,20,23)/t11-,13+/m1/s1. The third-order valence-corrected chi connectivity index (χ3v) is 4.41. The summed E-state index contributed by atoms with van der Waals surface area (Å²) in [6.07, 6.45) is 0.858. The number of carbonyl (C=O) groups excluding carboxylic acids is 2. The smallest absolute Gasteiger partial charge is 0.407 e. The van der Waals surface area contributed by atoms with Crippen molar-refractivity contribution in [1.29, 1.82) is 0 Å². The van der Waals surface area contributed by atoms with Gasteiger partial charge in [0.15, 0.2) is 0 Å². The number of amides is 2. The Kier molecular flexibility index (Phi) is 3.56. The van der Waals surface area contributed by atoms with E-state index < -0.39 is 5.91 Å². The van der Waals surface area contributed by atoms with E-state index in [1.165, 1.54) is 6.33 Å². The Morgan fingerprint density at radius 3 is 3.00 bits per heavy atom. The van der Waals surface area contributed by atoms with Gasteiger partial charge in [0.05, 0.1) is 30.3 Å². The fourth-order valence-corrected chi connectivity index (χ4v) is 3.32. The van der Waals surface area contributed by atoms with Crippen molar-refractivity contribution in [2.45, 2.75) is 19.1 Å². The van der Waals surface area contributed by atoms with Crippen LogP contribution in [0.1, 0.15) is 17.3 Å². The summed E-state index contributed by atoms with van der Waals surface area (Å²) in [6.45, 7) is 3.36. The van der Waals surface area contributed by atoms with Gasteiger partial charge >= 0.3 is 6.09 Å². The summed E-state index contributed by atoms with van der Waals surface area (Å²) in [6, 6.07) is 3.29. The van der Waals surface area contributed by atoms with Gasteiger partial charge in [0.25, 0.3) is 5.91 Å². The number of primary amides is 1. The molecule has 4 rings (SSSR count). The first kappa shape index (κ1) is 15.4. The predicted octanol–water partition coefficient (Wildman–Crippen LogP) is 0.424. The van der Waals surface area contributed by atoms with Crippen molar-refractivity contribution in [3.8, 4) is 5.75 Å². The minimum Gasteiger partial charge on any atom is -0.493 e. The number of aromatic nitrogens is 2. The molecule has 9 nitrogen and oxygen atoms in total. The molecule has 2 aliphatic heterocycles. The largest absolute Gasteiger partial charge is 0.493 e. The SMILES string of the molecule is CCOc1cc2c(N3C[C@@H]4OC(=O)N[C@@H]4C3)ncnc2cc1C(N)=O. The first-order valence-corrected chi connectivity index (χ1v) is 8.00. The van der Waals surface area contributed by atoms with E-state index in [1.807, 2.05) is 11.8 Å². The van der Waals surface area contributed by atoms with Crippen molar-refractivity contribution < 1.29 is 19.1 Å². The molecule has 9 heteroatoms. The second-order valence-corrected chi connectivity index (χ2v) is 5.96. The summed E-state index contributed by atoms with van der Waals surface area (Å²) in [7, 11) is 0. The van der Waals surface area contributed by atoms with Crippen LogP contribution >= 0.6 is 0 Å². The van der Waals surface area contributed by atoms with E-state index >= 15 is 0 Å². The molecule has 2 aliphatic rings. The second kappa shape index (κ2) is 5.76. The van der Waals surface area contributed by atoms with Crippen LogP contribution in [0.4, 0.5) is 10.6 Å². The van der Waals surface area contributed by atoms with Crippen molar-refractivity contribution in [2.24, 2.45) is 5.73 Å². The summed E-state index contributed by atoms with van der Waals surface area (Å²) in [5, 5.41) is 3.54. The Bertz CT molecular complexity index is 855. The molecule has 0 unspecified atom stereocenters. The molecule has 2 atom stereocenters. The van der Waals surface area contributed by atoms with Gasteiger partial charge in [-0.25, -0.2) is 14.8 Å². The molecule has 0 saturated carbocycles. The van der Waals surface area contributed by atoms with Crippen LogP contribution in [-0.4, -0.2) is 53.8 Å². The molecule has 3 N–H and O–H groups in total. The number of rotatable bonds is 4. The van der Waals surface area contributed by atoms with Crippen molar-refractivity contribution in [2.75, 3.05) is 24.6 Å². The van der Waals surface area contributed by atoms with Gasteiger partial charge in [0.1, 0.15) is 24.0 Å². The number of alkyl carbamates (subject to hydrolysis) is 1. The maximum atomic E-state index is 11.7. The molecule has 1 aromatic heterocycles. The van der Waals surface area contributed by atoms with E-state index in [4.69, 9.17) is 15.2 Å². The average molecular weight is 343 g/mol.